The summed E-state index contributed by atoms with van der Waals surface area (Å²) in [6, 6.07) is 0. The minimum Gasteiger partial charge on any atom is -0.390 e. The molecule has 0 saturated heterocycles. The van der Waals surface area contributed by atoms with Crippen LogP contribution in [0.15, 0.2) is 12.2 Å². The molecular formula is C11H20O. The second-order valence-electron chi connectivity index (χ2n) is 4.58. The van der Waals surface area contributed by atoms with Crippen LogP contribution < -0.4 is 0 Å². The molecule has 3 unspecified atom stereocenters. The Morgan fingerprint density at radius 2 is 2.17 bits per heavy atom. The maximum atomic E-state index is 9.91. The zero-order valence-corrected chi connectivity index (χ0v) is 8.43. The molecule has 0 spiro atoms. The van der Waals surface area contributed by atoms with E-state index in [1.807, 2.05) is 6.92 Å². The summed E-state index contributed by atoms with van der Waals surface area (Å²) in [7, 11) is 0. The van der Waals surface area contributed by atoms with E-state index in [2.05, 4.69) is 20.4 Å². The lowest BCUT2D eigenvalue weighted by Crippen LogP contribution is -2.38. The molecular weight excluding hydrogens is 148 g/mol. The first kappa shape index (κ1) is 9.79. The van der Waals surface area contributed by atoms with Crippen LogP contribution in [-0.4, -0.2) is 10.7 Å². The third kappa shape index (κ3) is 1.89. The van der Waals surface area contributed by atoms with Gasteiger partial charge in [0.05, 0.1) is 5.60 Å². The Hall–Kier alpha value is -0.300. The number of hydrogen-bond acceptors (Lipinski definition) is 1. The molecule has 1 aliphatic rings. The summed E-state index contributed by atoms with van der Waals surface area (Å²) in [5.41, 5.74) is 0.837. The predicted molar refractivity (Wildman–Crippen MR) is 51.9 cm³/mol. The quantitative estimate of drug-likeness (QED) is 0.597. The zero-order chi connectivity index (χ0) is 9.35. The summed E-state index contributed by atoms with van der Waals surface area (Å²) in [5, 5.41) is 9.91. The first-order chi connectivity index (χ1) is 5.43. The average Bonchev–Trinajstić information content (AvgIpc) is 1.94. The van der Waals surface area contributed by atoms with Crippen molar-refractivity contribution in [2.45, 2.75) is 45.6 Å². The molecule has 0 aromatic rings. The number of aliphatic hydroxyl groups is 1. The summed E-state index contributed by atoms with van der Waals surface area (Å²) in [6.45, 7) is 10.2. The molecule has 0 aromatic carbocycles. The normalized spacial score (nSPS) is 42.7. The Kier molecular flexibility index (Phi) is 2.62. The van der Waals surface area contributed by atoms with Crippen LogP contribution in [-0.2, 0) is 0 Å². The molecule has 1 rings (SSSR count). The second kappa shape index (κ2) is 3.21. The monoisotopic (exact) mass is 168 g/mol. The molecule has 0 bridgehead atoms. The first-order valence-electron chi connectivity index (χ1n) is 4.81. The van der Waals surface area contributed by atoms with Crippen molar-refractivity contribution in [1.82, 2.24) is 0 Å². The van der Waals surface area contributed by atoms with Crippen molar-refractivity contribution in [1.29, 1.82) is 0 Å². The van der Waals surface area contributed by atoms with E-state index in [1.165, 1.54) is 5.57 Å². The summed E-state index contributed by atoms with van der Waals surface area (Å²) in [6.07, 6.45) is 3.13. The second-order valence-corrected chi connectivity index (χ2v) is 4.58. The molecule has 3 atom stereocenters. The fourth-order valence-corrected chi connectivity index (χ4v) is 1.96. The van der Waals surface area contributed by atoms with Crippen molar-refractivity contribution in [2.75, 3.05) is 0 Å². The van der Waals surface area contributed by atoms with Gasteiger partial charge in [-0.05, 0) is 44.9 Å². The van der Waals surface area contributed by atoms with Crippen LogP contribution in [0.1, 0.15) is 40.0 Å². The highest BCUT2D eigenvalue weighted by Gasteiger charge is 2.35. The Balaban J connectivity index is 2.58. The molecule has 1 heteroatoms. The number of allylic oxidation sites excluding steroid dienone is 1. The molecule has 1 saturated carbocycles. The predicted octanol–water partition coefficient (Wildman–Crippen LogP) is 2.75. The minimum absolute atomic E-state index is 0.410. The van der Waals surface area contributed by atoms with Crippen LogP contribution in [0.3, 0.4) is 0 Å². The smallest absolute Gasteiger partial charge is 0.0645 e. The lowest BCUT2D eigenvalue weighted by molar-refractivity contribution is -0.0342. The van der Waals surface area contributed by atoms with E-state index in [0.29, 0.717) is 11.8 Å². The van der Waals surface area contributed by atoms with Gasteiger partial charge in [0, 0.05) is 0 Å². The average molecular weight is 168 g/mol. The molecule has 0 heterocycles. The maximum absolute atomic E-state index is 9.91. The van der Waals surface area contributed by atoms with E-state index in [4.69, 9.17) is 0 Å². The fourth-order valence-electron chi connectivity index (χ4n) is 1.96. The Morgan fingerprint density at radius 3 is 2.58 bits per heavy atom. The Labute approximate surface area is 75.5 Å². The standard InChI is InChI=1S/C11H20O/c1-8(2)10-5-6-11(4,12)9(3)7-10/h9-10,12H,1,5-7H2,2-4H3. The first-order valence-corrected chi connectivity index (χ1v) is 4.81. The highest BCUT2D eigenvalue weighted by molar-refractivity contribution is 5.01. The topological polar surface area (TPSA) is 20.2 Å². The lowest BCUT2D eigenvalue weighted by atomic mass is 9.71. The largest absolute Gasteiger partial charge is 0.390 e. The van der Waals surface area contributed by atoms with Gasteiger partial charge in [-0.2, -0.15) is 0 Å². The van der Waals surface area contributed by atoms with Crippen LogP contribution in [0.5, 0.6) is 0 Å². The summed E-state index contributed by atoms with van der Waals surface area (Å²) in [4.78, 5) is 0. The molecule has 1 N–H and O–H groups in total. The summed E-state index contributed by atoms with van der Waals surface area (Å²) < 4.78 is 0. The highest BCUT2D eigenvalue weighted by atomic mass is 16.3. The van der Waals surface area contributed by atoms with Gasteiger partial charge in [0.25, 0.3) is 0 Å². The van der Waals surface area contributed by atoms with Gasteiger partial charge in [-0.25, -0.2) is 0 Å². The van der Waals surface area contributed by atoms with Crippen molar-refractivity contribution in [2.24, 2.45) is 11.8 Å². The van der Waals surface area contributed by atoms with Crippen molar-refractivity contribution in [3.8, 4) is 0 Å². The van der Waals surface area contributed by atoms with Crippen LogP contribution in [0.4, 0.5) is 0 Å². The molecule has 0 aliphatic heterocycles. The van der Waals surface area contributed by atoms with E-state index in [0.717, 1.165) is 19.3 Å². The molecule has 1 fully saturated rings. The molecule has 1 nitrogen and oxygen atoms in total. The van der Waals surface area contributed by atoms with Crippen LogP contribution >= 0.6 is 0 Å². The third-order valence-electron chi connectivity index (χ3n) is 3.40. The maximum Gasteiger partial charge on any atom is 0.0645 e. The Bertz CT molecular complexity index is 181. The lowest BCUT2D eigenvalue weighted by Gasteiger charge is -2.39. The van der Waals surface area contributed by atoms with Gasteiger partial charge >= 0.3 is 0 Å². The highest BCUT2D eigenvalue weighted by Crippen LogP contribution is 2.38. The van der Waals surface area contributed by atoms with Gasteiger partial charge in [0.2, 0.25) is 0 Å². The third-order valence-corrected chi connectivity index (χ3v) is 3.40. The molecule has 0 aromatic heterocycles. The van der Waals surface area contributed by atoms with E-state index in [-0.39, 0.29) is 0 Å². The summed E-state index contributed by atoms with van der Waals surface area (Å²) in [5.74, 6) is 1.05. The van der Waals surface area contributed by atoms with E-state index in [9.17, 15) is 5.11 Å². The molecule has 12 heavy (non-hydrogen) atoms. The van der Waals surface area contributed by atoms with Crippen molar-refractivity contribution in [3.63, 3.8) is 0 Å². The minimum atomic E-state index is -0.439. The number of rotatable bonds is 1. The van der Waals surface area contributed by atoms with Gasteiger partial charge < -0.3 is 5.11 Å². The zero-order valence-electron chi connectivity index (χ0n) is 8.43. The van der Waals surface area contributed by atoms with Gasteiger partial charge in [0.15, 0.2) is 0 Å². The van der Waals surface area contributed by atoms with Crippen LogP contribution in [0.25, 0.3) is 0 Å². The van der Waals surface area contributed by atoms with Gasteiger partial charge in [-0.3, -0.25) is 0 Å². The van der Waals surface area contributed by atoms with E-state index >= 15 is 0 Å². The molecule has 0 amide bonds. The van der Waals surface area contributed by atoms with Gasteiger partial charge in [-0.15, -0.1) is 0 Å². The fraction of sp³-hybridized carbons (Fsp3) is 0.818. The van der Waals surface area contributed by atoms with Gasteiger partial charge in [0.1, 0.15) is 0 Å². The SMILES string of the molecule is C=C(C)C1CCC(C)(O)C(C)C1. The van der Waals surface area contributed by atoms with Crippen LogP contribution in [0, 0.1) is 11.8 Å². The van der Waals surface area contributed by atoms with Crippen molar-refractivity contribution < 1.29 is 5.11 Å². The van der Waals surface area contributed by atoms with E-state index < -0.39 is 5.60 Å². The van der Waals surface area contributed by atoms with Crippen molar-refractivity contribution in [3.05, 3.63) is 12.2 Å². The van der Waals surface area contributed by atoms with Crippen molar-refractivity contribution >= 4 is 0 Å². The number of hydrogen-bond donors (Lipinski definition) is 1. The Morgan fingerprint density at radius 1 is 1.58 bits per heavy atom. The molecule has 0 radical (unpaired) electrons. The molecule has 70 valence electrons. The molecule has 1 aliphatic carbocycles. The summed E-state index contributed by atoms with van der Waals surface area (Å²) >= 11 is 0. The van der Waals surface area contributed by atoms with Gasteiger partial charge in [-0.1, -0.05) is 19.1 Å². The van der Waals surface area contributed by atoms with E-state index in [1.54, 1.807) is 0 Å². The van der Waals surface area contributed by atoms with Crippen LogP contribution in [0.2, 0.25) is 0 Å².